The lowest BCUT2D eigenvalue weighted by atomic mass is 9.87. The van der Waals surface area contributed by atoms with Crippen LogP contribution in [-0.4, -0.2) is 21.9 Å². The van der Waals surface area contributed by atoms with Gasteiger partial charge in [0.2, 0.25) is 0 Å². The van der Waals surface area contributed by atoms with Crippen LogP contribution in [0.5, 0.6) is 0 Å². The molecule has 0 spiro atoms. The van der Waals surface area contributed by atoms with E-state index in [0.29, 0.717) is 6.04 Å². The summed E-state index contributed by atoms with van der Waals surface area (Å²) < 4.78 is 0. The van der Waals surface area contributed by atoms with Crippen LogP contribution >= 0.6 is 11.6 Å². The molecule has 0 saturated heterocycles. The zero-order valence-electron chi connectivity index (χ0n) is 10.7. The first-order chi connectivity index (χ1) is 8.86. The molecule has 0 atom stereocenters. The van der Waals surface area contributed by atoms with Crippen molar-refractivity contribution in [2.24, 2.45) is 5.92 Å². The van der Waals surface area contributed by atoms with Gasteiger partial charge >= 0.3 is 0 Å². The van der Waals surface area contributed by atoms with Crippen LogP contribution in [0.4, 0.5) is 5.82 Å². The molecule has 98 valence electrons. The predicted molar refractivity (Wildman–Crippen MR) is 74.1 cm³/mol. The Balaban J connectivity index is 1.65. The first-order valence-corrected chi connectivity index (χ1v) is 7.55. The fourth-order valence-electron chi connectivity index (χ4n) is 3.14. The number of halogens is 1. The molecule has 18 heavy (non-hydrogen) atoms. The second-order valence-electron chi connectivity index (χ2n) is 5.52. The third-order valence-corrected chi connectivity index (χ3v) is 4.72. The van der Waals surface area contributed by atoms with Gasteiger partial charge in [0.15, 0.2) is 0 Å². The van der Waals surface area contributed by atoms with Crippen molar-refractivity contribution < 1.29 is 0 Å². The third-order valence-electron chi connectivity index (χ3n) is 4.28. The zero-order chi connectivity index (χ0) is 12.4. The molecule has 3 rings (SSSR count). The first-order valence-electron chi connectivity index (χ1n) is 7.02. The molecular formula is C14H20ClN3. The van der Waals surface area contributed by atoms with E-state index in [1.807, 2.05) is 0 Å². The summed E-state index contributed by atoms with van der Waals surface area (Å²) in [5, 5.41) is 3.63. The molecule has 0 unspecified atom stereocenters. The van der Waals surface area contributed by atoms with E-state index < -0.39 is 0 Å². The molecule has 0 amide bonds. The molecule has 1 saturated carbocycles. The number of rotatable bonds is 3. The summed E-state index contributed by atoms with van der Waals surface area (Å²) in [6.45, 7) is 0. The quantitative estimate of drug-likeness (QED) is 0.853. The van der Waals surface area contributed by atoms with Gasteiger partial charge in [-0.2, -0.15) is 0 Å². The van der Waals surface area contributed by atoms with Crippen molar-refractivity contribution in [3.05, 3.63) is 17.6 Å². The lowest BCUT2D eigenvalue weighted by Gasteiger charge is -2.28. The summed E-state index contributed by atoms with van der Waals surface area (Å²) in [4.78, 5) is 8.81. The normalized spacial score (nSPS) is 26.9. The highest BCUT2D eigenvalue weighted by Gasteiger charge is 2.23. The van der Waals surface area contributed by atoms with E-state index in [1.54, 1.807) is 6.33 Å². The van der Waals surface area contributed by atoms with Crippen LogP contribution in [0.15, 0.2) is 6.33 Å². The largest absolute Gasteiger partial charge is 0.367 e. The van der Waals surface area contributed by atoms with Gasteiger partial charge in [-0.1, -0.05) is 0 Å². The summed E-state index contributed by atoms with van der Waals surface area (Å²) in [6, 6.07) is 0.573. The summed E-state index contributed by atoms with van der Waals surface area (Å²) in [7, 11) is 0. The number of fused-ring (bicyclic) bond motifs is 1. The Morgan fingerprint density at radius 3 is 2.78 bits per heavy atom. The Bertz CT molecular complexity index is 414. The minimum atomic E-state index is 0.573. The summed E-state index contributed by atoms with van der Waals surface area (Å²) in [5.41, 5.74) is 2.61. The maximum atomic E-state index is 5.92. The molecule has 3 nitrogen and oxygen atoms in total. The van der Waals surface area contributed by atoms with Crippen molar-refractivity contribution >= 4 is 17.4 Å². The van der Waals surface area contributed by atoms with E-state index in [1.165, 1.54) is 43.4 Å². The van der Waals surface area contributed by atoms with Crippen molar-refractivity contribution in [3.63, 3.8) is 0 Å². The van der Waals surface area contributed by atoms with Crippen LogP contribution in [0.2, 0.25) is 0 Å². The van der Waals surface area contributed by atoms with Gasteiger partial charge in [-0.15, -0.1) is 11.6 Å². The van der Waals surface area contributed by atoms with Gasteiger partial charge in [-0.3, -0.25) is 0 Å². The van der Waals surface area contributed by atoms with E-state index in [0.717, 1.165) is 30.5 Å². The lowest BCUT2D eigenvalue weighted by molar-refractivity contribution is 0.364. The average molecular weight is 266 g/mol. The van der Waals surface area contributed by atoms with Gasteiger partial charge in [-0.05, 0) is 50.9 Å². The minimum Gasteiger partial charge on any atom is -0.367 e. The molecule has 0 bridgehead atoms. The van der Waals surface area contributed by atoms with Gasteiger partial charge in [0.25, 0.3) is 0 Å². The molecular weight excluding hydrogens is 246 g/mol. The number of hydrogen-bond acceptors (Lipinski definition) is 3. The molecule has 1 aromatic rings. The Kier molecular flexibility index (Phi) is 3.69. The number of aromatic nitrogens is 2. The standard InChI is InChI=1S/C14H20ClN3/c15-8-10-4-6-11(7-5-10)18-14-12-2-1-3-13(12)16-9-17-14/h9-11H,1-8H2,(H,16,17,18). The second kappa shape index (κ2) is 5.43. The fraction of sp³-hybridized carbons (Fsp3) is 0.714. The Hall–Kier alpha value is -0.830. The molecule has 4 heteroatoms. The van der Waals surface area contributed by atoms with Crippen molar-refractivity contribution in [2.45, 2.75) is 51.0 Å². The van der Waals surface area contributed by atoms with Gasteiger partial charge in [0.1, 0.15) is 12.1 Å². The maximum absolute atomic E-state index is 5.92. The minimum absolute atomic E-state index is 0.573. The topological polar surface area (TPSA) is 37.8 Å². The summed E-state index contributed by atoms with van der Waals surface area (Å²) >= 11 is 5.92. The van der Waals surface area contributed by atoms with Crippen molar-refractivity contribution in [1.29, 1.82) is 0 Å². The van der Waals surface area contributed by atoms with Crippen molar-refractivity contribution in [3.8, 4) is 0 Å². The highest BCUT2D eigenvalue weighted by Crippen LogP contribution is 2.30. The summed E-state index contributed by atoms with van der Waals surface area (Å²) in [5.74, 6) is 2.63. The van der Waals surface area contributed by atoms with Crippen LogP contribution in [-0.2, 0) is 12.8 Å². The highest BCUT2D eigenvalue weighted by atomic mass is 35.5. The number of hydrogen-bond donors (Lipinski definition) is 1. The molecule has 1 N–H and O–H groups in total. The van der Waals surface area contributed by atoms with E-state index in [-0.39, 0.29) is 0 Å². The predicted octanol–water partition coefficient (Wildman–Crippen LogP) is 3.17. The molecule has 2 aliphatic carbocycles. The Morgan fingerprint density at radius 2 is 2.00 bits per heavy atom. The van der Waals surface area contributed by atoms with Crippen molar-refractivity contribution in [2.75, 3.05) is 11.2 Å². The van der Waals surface area contributed by atoms with Gasteiger partial charge in [-0.25, -0.2) is 9.97 Å². The average Bonchev–Trinajstić information content (AvgIpc) is 2.89. The van der Waals surface area contributed by atoms with E-state index in [2.05, 4.69) is 15.3 Å². The highest BCUT2D eigenvalue weighted by molar-refractivity contribution is 6.18. The number of aryl methyl sites for hydroxylation is 1. The Morgan fingerprint density at radius 1 is 1.17 bits per heavy atom. The van der Waals surface area contributed by atoms with E-state index >= 15 is 0 Å². The molecule has 0 aromatic carbocycles. The number of nitrogens with zero attached hydrogens (tertiary/aromatic N) is 2. The van der Waals surface area contributed by atoms with Gasteiger partial charge in [0.05, 0.1) is 0 Å². The molecule has 1 fully saturated rings. The lowest BCUT2D eigenvalue weighted by Crippen LogP contribution is -2.27. The SMILES string of the molecule is ClCC1CCC(Nc2ncnc3c2CCC3)CC1. The fourth-order valence-corrected chi connectivity index (χ4v) is 3.45. The Labute approximate surface area is 113 Å². The maximum Gasteiger partial charge on any atom is 0.133 e. The monoisotopic (exact) mass is 265 g/mol. The van der Waals surface area contributed by atoms with Crippen LogP contribution in [0.3, 0.4) is 0 Å². The second-order valence-corrected chi connectivity index (χ2v) is 5.83. The zero-order valence-corrected chi connectivity index (χ0v) is 11.4. The van der Waals surface area contributed by atoms with Crippen LogP contribution in [0.25, 0.3) is 0 Å². The molecule has 1 aromatic heterocycles. The number of alkyl halides is 1. The van der Waals surface area contributed by atoms with Crippen molar-refractivity contribution in [1.82, 2.24) is 9.97 Å². The van der Waals surface area contributed by atoms with E-state index in [4.69, 9.17) is 11.6 Å². The van der Waals surface area contributed by atoms with Crippen LogP contribution < -0.4 is 5.32 Å². The van der Waals surface area contributed by atoms with Crippen LogP contribution in [0, 0.1) is 5.92 Å². The molecule has 1 heterocycles. The molecule has 0 radical (unpaired) electrons. The smallest absolute Gasteiger partial charge is 0.133 e. The molecule has 0 aliphatic heterocycles. The van der Waals surface area contributed by atoms with Crippen LogP contribution in [0.1, 0.15) is 43.4 Å². The van der Waals surface area contributed by atoms with Gasteiger partial charge in [0, 0.05) is 23.2 Å². The van der Waals surface area contributed by atoms with Gasteiger partial charge < -0.3 is 5.32 Å². The third kappa shape index (κ3) is 2.46. The molecule has 2 aliphatic rings. The first kappa shape index (κ1) is 12.2. The summed E-state index contributed by atoms with van der Waals surface area (Å²) in [6.07, 6.45) is 10.1. The number of nitrogens with one attached hydrogen (secondary N) is 1. The van der Waals surface area contributed by atoms with E-state index in [9.17, 15) is 0 Å². The number of anilines is 1.